The summed E-state index contributed by atoms with van der Waals surface area (Å²) in [6, 6.07) is 19.9. The quantitative estimate of drug-likeness (QED) is 0.286. The molecule has 34 heavy (non-hydrogen) atoms. The summed E-state index contributed by atoms with van der Waals surface area (Å²) in [6.07, 6.45) is 1.36. The molecule has 0 atom stereocenters. The molecular weight excluding hydrogens is 521 g/mol. The van der Waals surface area contributed by atoms with Crippen molar-refractivity contribution in [1.29, 1.82) is 5.26 Å². The molecule has 0 aliphatic carbocycles. The average Bonchev–Trinajstić information content (AvgIpc) is 2.82. The lowest BCUT2D eigenvalue weighted by molar-refractivity contribution is -0.122. The number of benzene rings is 3. The first-order valence-electron chi connectivity index (χ1n) is 9.95. The third-order valence-corrected chi connectivity index (χ3v) is 5.77. The molecular formula is C25H15BrFN3O3S. The Morgan fingerprint density at radius 1 is 1.12 bits per heavy atom. The zero-order valence-corrected chi connectivity index (χ0v) is 19.8. The Balaban J connectivity index is 1.70. The highest BCUT2D eigenvalue weighted by Gasteiger charge is 2.35. The van der Waals surface area contributed by atoms with Crippen LogP contribution in [0.2, 0.25) is 0 Å². The SMILES string of the molecule is N#Cc1ccccc1COc1ccc(Br)cc1/C=C1\C(=O)NC(=S)N(c2ccccc2F)C1=O. The number of halogens is 2. The molecule has 3 aromatic rings. The van der Waals surface area contributed by atoms with Crippen molar-refractivity contribution in [1.82, 2.24) is 5.32 Å². The predicted octanol–water partition coefficient (Wildman–Crippen LogP) is 4.87. The van der Waals surface area contributed by atoms with Gasteiger partial charge in [0.15, 0.2) is 5.11 Å². The first-order valence-corrected chi connectivity index (χ1v) is 11.2. The summed E-state index contributed by atoms with van der Waals surface area (Å²) in [7, 11) is 0. The zero-order valence-electron chi connectivity index (χ0n) is 17.4. The maximum Gasteiger partial charge on any atom is 0.270 e. The van der Waals surface area contributed by atoms with Crippen molar-refractivity contribution in [2.24, 2.45) is 0 Å². The Morgan fingerprint density at radius 3 is 2.62 bits per heavy atom. The van der Waals surface area contributed by atoms with Crippen LogP contribution in [-0.4, -0.2) is 16.9 Å². The van der Waals surface area contributed by atoms with Gasteiger partial charge in [-0.15, -0.1) is 0 Å². The molecule has 2 amide bonds. The Bertz CT molecular complexity index is 1400. The van der Waals surface area contributed by atoms with Crippen LogP contribution in [0.3, 0.4) is 0 Å². The number of carbonyl (C=O) groups is 2. The number of anilines is 1. The van der Waals surface area contributed by atoms with Crippen molar-refractivity contribution in [2.45, 2.75) is 6.61 Å². The van der Waals surface area contributed by atoms with Crippen molar-refractivity contribution in [3.63, 3.8) is 0 Å². The second-order valence-electron chi connectivity index (χ2n) is 7.15. The summed E-state index contributed by atoms with van der Waals surface area (Å²) in [6.45, 7) is 0.104. The van der Waals surface area contributed by atoms with Gasteiger partial charge in [0, 0.05) is 15.6 Å². The van der Waals surface area contributed by atoms with E-state index in [0.29, 0.717) is 26.9 Å². The fraction of sp³-hybridized carbons (Fsp3) is 0.0400. The van der Waals surface area contributed by atoms with Crippen molar-refractivity contribution in [2.75, 3.05) is 4.90 Å². The minimum atomic E-state index is -0.764. The first-order chi connectivity index (χ1) is 16.4. The fourth-order valence-corrected chi connectivity index (χ4v) is 3.99. The van der Waals surface area contributed by atoms with Gasteiger partial charge in [0.25, 0.3) is 11.8 Å². The Morgan fingerprint density at radius 2 is 1.85 bits per heavy atom. The molecule has 168 valence electrons. The molecule has 0 radical (unpaired) electrons. The number of nitrogens with one attached hydrogen (secondary N) is 1. The molecule has 0 aromatic heterocycles. The van der Waals surface area contributed by atoms with Gasteiger partial charge in [-0.2, -0.15) is 5.26 Å². The van der Waals surface area contributed by atoms with Gasteiger partial charge in [-0.25, -0.2) is 9.29 Å². The Hall–Kier alpha value is -3.87. The van der Waals surface area contributed by atoms with Crippen molar-refractivity contribution < 1.29 is 18.7 Å². The lowest BCUT2D eigenvalue weighted by atomic mass is 10.1. The summed E-state index contributed by atoms with van der Waals surface area (Å²) < 4.78 is 21.0. The van der Waals surface area contributed by atoms with E-state index in [9.17, 15) is 19.2 Å². The van der Waals surface area contributed by atoms with E-state index in [1.54, 1.807) is 48.5 Å². The van der Waals surface area contributed by atoms with Crippen LogP contribution in [-0.2, 0) is 16.2 Å². The molecule has 9 heteroatoms. The van der Waals surface area contributed by atoms with E-state index in [1.165, 1.54) is 24.3 Å². The molecule has 0 spiro atoms. The van der Waals surface area contributed by atoms with Crippen LogP contribution in [0.1, 0.15) is 16.7 Å². The zero-order chi connectivity index (χ0) is 24.2. The molecule has 1 aliphatic rings. The monoisotopic (exact) mass is 535 g/mol. The number of para-hydroxylation sites is 1. The third kappa shape index (κ3) is 4.73. The second-order valence-corrected chi connectivity index (χ2v) is 8.45. The Kier molecular flexibility index (Phi) is 6.82. The molecule has 1 heterocycles. The van der Waals surface area contributed by atoms with E-state index in [1.807, 2.05) is 0 Å². The summed E-state index contributed by atoms with van der Waals surface area (Å²) in [5.41, 5.74) is 1.30. The highest BCUT2D eigenvalue weighted by atomic mass is 79.9. The number of nitriles is 1. The number of ether oxygens (including phenoxy) is 1. The van der Waals surface area contributed by atoms with E-state index in [2.05, 4.69) is 27.3 Å². The number of amides is 2. The van der Waals surface area contributed by atoms with Gasteiger partial charge in [-0.3, -0.25) is 14.9 Å². The number of hydrogen-bond donors (Lipinski definition) is 1. The highest BCUT2D eigenvalue weighted by Crippen LogP contribution is 2.29. The average molecular weight is 536 g/mol. The Labute approximate surface area is 208 Å². The molecule has 0 bridgehead atoms. The smallest absolute Gasteiger partial charge is 0.270 e. The maximum atomic E-state index is 14.4. The largest absolute Gasteiger partial charge is 0.488 e. The van der Waals surface area contributed by atoms with Gasteiger partial charge in [0.2, 0.25) is 0 Å². The van der Waals surface area contributed by atoms with Gasteiger partial charge in [-0.1, -0.05) is 46.3 Å². The van der Waals surface area contributed by atoms with E-state index in [4.69, 9.17) is 17.0 Å². The fourth-order valence-electron chi connectivity index (χ4n) is 3.34. The molecule has 1 fully saturated rings. The molecule has 1 aliphatic heterocycles. The standard InChI is InChI=1S/C25H15BrFN3O3S/c26-18-9-10-22(33-14-16-6-2-1-5-15(16)13-28)17(11-18)12-19-23(31)29-25(34)30(24(19)32)21-8-4-3-7-20(21)27/h1-12H,14H2,(H,29,31,34)/b19-12+. The minimum Gasteiger partial charge on any atom is -0.488 e. The van der Waals surface area contributed by atoms with Crippen LogP contribution in [0.4, 0.5) is 10.1 Å². The summed E-state index contributed by atoms with van der Waals surface area (Å²) in [4.78, 5) is 26.8. The van der Waals surface area contributed by atoms with Crippen LogP contribution in [0.15, 0.2) is 76.8 Å². The summed E-state index contributed by atoms with van der Waals surface area (Å²) in [5.74, 6) is -1.74. The number of rotatable bonds is 5. The third-order valence-electron chi connectivity index (χ3n) is 4.99. The van der Waals surface area contributed by atoms with E-state index in [0.717, 1.165) is 4.90 Å². The van der Waals surface area contributed by atoms with Gasteiger partial charge in [0.05, 0.1) is 17.3 Å². The van der Waals surface area contributed by atoms with E-state index < -0.39 is 17.6 Å². The van der Waals surface area contributed by atoms with Gasteiger partial charge < -0.3 is 4.74 Å². The molecule has 6 nitrogen and oxygen atoms in total. The maximum absolute atomic E-state index is 14.4. The predicted molar refractivity (Wildman–Crippen MR) is 132 cm³/mol. The molecule has 1 saturated heterocycles. The second kappa shape index (κ2) is 9.95. The van der Waals surface area contributed by atoms with Crippen LogP contribution in [0, 0.1) is 17.1 Å². The van der Waals surface area contributed by atoms with E-state index in [-0.39, 0.29) is 23.0 Å². The van der Waals surface area contributed by atoms with Gasteiger partial charge in [-0.05, 0) is 54.7 Å². The van der Waals surface area contributed by atoms with Gasteiger partial charge in [0.1, 0.15) is 23.7 Å². The van der Waals surface area contributed by atoms with Crippen molar-refractivity contribution >= 4 is 56.8 Å². The number of hydrogen-bond acceptors (Lipinski definition) is 5. The molecule has 3 aromatic carbocycles. The molecule has 0 saturated carbocycles. The topological polar surface area (TPSA) is 82.4 Å². The molecule has 1 N–H and O–H groups in total. The number of carbonyl (C=O) groups excluding carboxylic acids is 2. The van der Waals surface area contributed by atoms with Crippen LogP contribution < -0.4 is 15.0 Å². The van der Waals surface area contributed by atoms with Crippen molar-refractivity contribution in [3.05, 3.63) is 99.3 Å². The van der Waals surface area contributed by atoms with Crippen LogP contribution >= 0.6 is 28.1 Å². The first kappa shape index (κ1) is 23.3. The number of thiocarbonyl (C=S) groups is 1. The molecule has 4 rings (SSSR count). The summed E-state index contributed by atoms with van der Waals surface area (Å²) >= 11 is 8.51. The van der Waals surface area contributed by atoms with Crippen LogP contribution in [0.25, 0.3) is 6.08 Å². The lowest BCUT2D eigenvalue weighted by Crippen LogP contribution is -2.54. The molecule has 0 unspecified atom stereocenters. The minimum absolute atomic E-state index is 0.0674. The normalized spacial score (nSPS) is 14.7. The lowest BCUT2D eigenvalue weighted by Gasteiger charge is -2.29. The van der Waals surface area contributed by atoms with Gasteiger partial charge >= 0.3 is 0 Å². The highest BCUT2D eigenvalue weighted by molar-refractivity contribution is 9.10. The van der Waals surface area contributed by atoms with E-state index >= 15 is 0 Å². The van der Waals surface area contributed by atoms with Crippen LogP contribution in [0.5, 0.6) is 5.75 Å². The number of nitrogens with zero attached hydrogens (tertiary/aromatic N) is 2. The summed E-state index contributed by atoms with van der Waals surface area (Å²) in [5, 5.41) is 11.5. The van der Waals surface area contributed by atoms with Crippen molar-refractivity contribution in [3.8, 4) is 11.8 Å².